The second-order valence-electron chi connectivity index (χ2n) is 6.31. The van der Waals surface area contributed by atoms with Crippen molar-refractivity contribution in [1.29, 1.82) is 0 Å². The van der Waals surface area contributed by atoms with Crippen LogP contribution in [0.25, 0.3) is 0 Å². The Labute approximate surface area is 142 Å². The van der Waals surface area contributed by atoms with Crippen LogP contribution in [0.5, 0.6) is 5.75 Å². The van der Waals surface area contributed by atoms with E-state index >= 15 is 0 Å². The van der Waals surface area contributed by atoms with Gasteiger partial charge in [-0.25, -0.2) is 0 Å². The Hall–Kier alpha value is -2.37. The first-order valence-electron chi connectivity index (χ1n) is 8.51. The zero-order chi connectivity index (χ0) is 16.9. The molecule has 0 aliphatic carbocycles. The number of aromatic nitrogens is 3. The molecule has 1 N–H and O–H groups in total. The zero-order valence-corrected chi connectivity index (χ0v) is 14.3. The van der Waals surface area contributed by atoms with E-state index < -0.39 is 0 Å². The molecule has 24 heavy (non-hydrogen) atoms. The summed E-state index contributed by atoms with van der Waals surface area (Å²) in [5.74, 6) is 2.42. The molecule has 2 aromatic rings. The highest BCUT2D eigenvalue weighted by atomic mass is 16.5. The van der Waals surface area contributed by atoms with Crippen LogP contribution < -0.4 is 10.1 Å². The van der Waals surface area contributed by atoms with E-state index in [0.717, 1.165) is 43.0 Å². The number of nitrogens with one attached hydrogen (secondary N) is 1. The number of rotatable bonds is 5. The van der Waals surface area contributed by atoms with E-state index in [9.17, 15) is 4.79 Å². The average Bonchev–Trinajstić information content (AvgIpc) is 2.80. The number of nitrogens with zero attached hydrogens (tertiary/aromatic N) is 3. The summed E-state index contributed by atoms with van der Waals surface area (Å²) in [6.45, 7) is 5.41. The number of amides is 1. The molecule has 2 heterocycles. The maximum Gasteiger partial charge on any atom is 0.258 e. The molecule has 6 nitrogen and oxygen atoms in total. The Morgan fingerprint density at radius 2 is 2.08 bits per heavy atom. The van der Waals surface area contributed by atoms with Crippen molar-refractivity contribution in [2.24, 2.45) is 0 Å². The predicted octanol–water partition coefficient (Wildman–Crippen LogP) is 2.32. The minimum absolute atomic E-state index is 0.00347. The van der Waals surface area contributed by atoms with Crippen LogP contribution in [-0.2, 0) is 24.3 Å². The minimum atomic E-state index is -0.154. The lowest BCUT2D eigenvalue weighted by Gasteiger charge is -2.10. The SMILES string of the molecule is Cc1ccc(OCC(=O)NCc2nnc3n2CCCCC3)cc1C. The lowest BCUT2D eigenvalue weighted by Crippen LogP contribution is -2.29. The third-order valence-corrected chi connectivity index (χ3v) is 4.48. The summed E-state index contributed by atoms with van der Waals surface area (Å²) in [7, 11) is 0. The van der Waals surface area contributed by atoms with Gasteiger partial charge in [-0.15, -0.1) is 10.2 Å². The first-order valence-corrected chi connectivity index (χ1v) is 8.51. The highest BCUT2D eigenvalue weighted by molar-refractivity contribution is 5.77. The standard InChI is InChI=1S/C18H24N4O2/c1-13-7-8-15(10-14(13)2)24-12-18(23)19-11-17-21-20-16-6-4-3-5-9-22(16)17/h7-8,10H,3-6,9,11-12H2,1-2H3,(H,19,23). The van der Waals surface area contributed by atoms with Gasteiger partial charge in [0.05, 0.1) is 6.54 Å². The molecule has 0 atom stereocenters. The molecule has 0 fully saturated rings. The van der Waals surface area contributed by atoms with Gasteiger partial charge >= 0.3 is 0 Å². The van der Waals surface area contributed by atoms with Gasteiger partial charge in [-0.1, -0.05) is 12.5 Å². The lowest BCUT2D eigenvalue weighted by molar-refractivity contribution is -0.123. The molecule has 0 unspecified atom stereocenters. The Balaban J connectivity index is 1.51. The second-order valence-corrected chi connectivity index (χ2v) is 6.31. The molecule has 6 heteroatoms. The first kappa shape index (κ1) is 16.5. The Bertz CT molecular complexity index is 724. The van der Waals surface area contributed by atoms with Crippen molar-refractivity contribution >= 4 is 5.91 Å². The maximum absolute atomic E-state index is 12.0. The summed E-state index contributed by atoms with van der Waals surface area (Å²) >= 11 is 0. The molecule has 1 amide bonds. The Morgan fingerprint density at radius 3 is 2.92 bits per heavy atom. The molecule has 1 aromatic heterocycles. The third-order valence-electron chi connectivity index (χ3n) is 4.48. The predicted molar refractivity (Wildman–Crippen MR) is 90.8 cm³/mol. The van der Waals surface area contributed by atoms with Crippen molar-refractivity contribution in [1.82, 2.24) is 20.1 Å². The van der Waals surface area contributed by atoms with Gasteiger partial charge in [0.1, 0.15) is 11.6 Å². The molecule has 1 aliphatic rings. The van der Waals surface area contributed by atoms with Crippen LogP contribution >= 0.6 is 0 Å². The van der Waals surface area contributed by atoms with E-state index in [4.69, 9.17) is 4.74 Å². The highest BCUT2D eigenvalue weighted by Crippen LogP contribution is 2.16. The van der Waals surface area contributed by atoms with Crippen LogP contribution in [0.4, 0.5) is 0 Å². The summed E-state index contributed by atoms with van der Waals surface area (Å²) in [4.78, 5) is 12.0. The number of benzene rings is 1. The molecule has 0 spiro atoms. The van der Waals surface area contributed by atoms with Crippen molar-refractivity contribution in [3.05, 3.63) is 41.0 Å². The normalized spacial score (nSPS) is 13.9. The van der Waals surface area contributed by atoms with Gasteiger partial charge in [-0.3, -0.25) is 4.79 Å². The second kappa shape index (κ2) is 7.47. The van der Waals surface area contributed by atoms with Crippen LogP contribution in [0.3, 0.4) is 0 Å². The van der Waals surface area contributed by atoms with E-state index in [0.29, 0.717) is 12.3 Å². The molecule has 1 aromatic carbocycles. The van der Waals surface area contributed by atoms with Crippen molar-refractivity contribution in [3.8, 4) is 5.75 Å². The molecule has 0 bridgehead atoms. The fraction of sp³-hybridized carbons (Fsp3) is 0.500. The van der Waals surface area contributed by atoms with Crippen LogP contribution in [0.1, 0.15) is 42.0 Å². The van der Waals surface area contributed by atoms with Gasteiger partial charge in [0.15, 0.2) is 12.4 Å². The van der Waals surface area contributed by atoms with Crippen LogP contribution in [-0.4, -0.2) is 27.3 Å². The highest BCUT2D eigenvalue weighted by Gasteiger charge is 2.15. The molecular formula is C18H24N4O2. The zero-order valence-electron chi connectivity index (χ0n) is 14.3. The van der Waals surface area contributed by atoms with E-state index in [1.165, 1.54) is 12.0 Å². The van der Waals surface area contributed by atoms with Crippen molar-refractivity contribution in [2.75, 3.05) is 6.61 Å². The van der Waals surface area contributed by atoms with Crippen molar-refractivity contribution < 1.29 is 9.53 Å². The monoisotopic (exact) mass is 328 g/mol. The van der Waals surface area contributed by atoms with E-state index in [2.05, 4.69) is 20.1 Å². The van der Waals surface area contributed by atoms with E-state index in [-0.39, 0.29) is 12.5 Å². The number of ether oxygens (including phenoxy) is 1. The number of hydrogen-bond donors (Lipinski definition) is 1. The molecule has 0 saturated carbocycles. The van der Waals surface area contributed by atoms with Gasteiger partial charge in [0, 0.05) is 13.0 Å². The fourth-order valence-corrected chi connectivity index (χ4v) is 2.86. The molecule has 128 valence electrons. The topological polar surface area (TPSA) is 69.0 Å². The Kier molecular flexibility index (Phi) is 5.13. The van der Waals surface area contributed by atoms with Crippen molar-refractivity contribution in [2.45, 2.75) is 52.6 Å². The smallest absolute Gasteiger partial charge is 0.258 e. The fourth-order valence-electron chi connectivity index (χ4n) is 2.86. The third kappa shape index (κ3) is 3.93. The van der Waals surface area contributed by atoms with Gasteiger partial charge in [0.2, 0.25) is 0 Å². The minimum Gasteiger partial charge on any atom is -0.484 e. The van der Waals surface area contributed by atoms with Gasteiger partial charge in [-0.2, -0.15) is 0 Å². The number of hydrogen-bond acceptors (Lipinski definition) is 4. The van der Waals surface area contributed by atoms with Crippen LogP contribution in [0.15, 0.2) is 18.2 Å². The van der Waals surface area contributed by atoms with Crippen molar-refractivity contribution in [3.63, 3.8) is 0 Å². The number of carbonyl (C=O) groups excluding carboxylic acids is 1. The quantitative estimate of drug-likeness (QED) is 0.914. The summed E-state index contributed by atoms with van der Waals surface area (Å²) in [5, 5.41) is 11.3. The molecule has 3 rings (SSSR count). The summed E-state index contributed by atoms with van der Waals surface area (Å²) in [5.41, 5.74) is 2.36. The molecule has 0 saturated heterocycles. The van der Waals surface area contributed by atoms with Crippen LogP contribution in [0, 0.1) is 13.8 Å². The first-order chi connectivity index (χ1) is 11.6. The van der Waals surface area contributed by atoms with Gasteiger partial charge < -0.3 is 14.6 Å². The summed E-state index contributed by atoms with van der Waals surface area (Å²) in [6.07, 6.45) is 4.49. The van der Waals surface area contributed by atoms with Gasteiger partial charge in [0.25, 0.3) is 5.91 Å². The van der Waals surface area contributed by atoms with E-state index in [1.807, 2.05) is 32.0 Å². The molecular weight excluding hydrogens is 304 g/mol. The Morgan fingerprint density at radius 1 is 1.21 bits per heavy atom. The van der Waals surface area contributed by atoms with E-state index in [1.54, 1.807) is 0 Å². The number of carbonyl (C=O) groups is 1. The summed E-state index contributed by atoms with van der Waals surface area (Å²) in [6, 6.07) is 5.82. The molecule has 0 radical (unpaired) electrons. The van der Waals surface area contributed by atoms with Crippen LogP contribution in [0.2, 0.25) is 0 Å². The summed E-state index contributed by atoms with van der Waals surface area (Å²) < 4.78 is 7.69. The number of aryl methyl sites for hydroxylation is 3. The lowest BCUT2D eigenvalue weighted by atomic mass is 10.1. The average molecular weight is 328 g/mol. The largest absolute Gasteiger partial charge is 0.484 e. The van der Waals surface area contributed by atoms with Gasteiger partial charge in [-0.05, 0) is 49.9 Å². The number of fused-ring (bicyclic) bond motifs is 1. The molecule has 1 aliphatic heterocycles. The maximum atomic E-state index is 12.0.